The van der Waals surface area contributed by atoms with E-state index in [0.717, 1.165) is 53.8 Å². The Morgan fingerprint density at radius 2 is 1.75 bits per heavy atom. The fourth-order valence-corrected chi connectivity index (χ4v) is 8.35. The molecule has 198 valence electrons. The molecule has 5 rings (SSSR count). The number of halogens is 2. The Morgan fingerprint density at radius 3 is 2.28 bits per heavy atom. The molecule has 3 nitrogen and oxygen atoms in total. The first-order valence-electron chi connectivity index (χ1n) is 13.3. The molecule has 1 fully saturated rings. The first-order valence-corrected chi connectivity index (χ1v) is 16.1. The summed E-state index contributed by atoms with van der Waals surface area (Å²) in [7, 11) is -1.58. The van der Waals surface area contributed by atoms with Crippen LogP contribution < -0.4 is 0 Å². The van der Waals surface area contributed by atoms with Gasteiger partial charge in [-0.15, -0.1) is 0 Å². The van der Waals surface area contributed by atoms with E-state index in [1.807, 2.05) is 18.8 Å². The largest absolute Gasteiger partial charge is 0.388 e. The van der Waals surface area contributed by atoms with E-state index in [2.05, 4.69) is 34.6 Å². The van der Waals surface area contributed by atoms with E-state index >= 15 is 8.78 Å². The highest BCUT2D eigenvalue weighted by molar-refractivity contribution is 8.32. The van der Waals surface area contributed by atoms with Crippen molar-refractivity contribution in [3.8, 4) is 0 Å². The second-order valence-electron chi connectivity index (χ2n) is 13.2. The summed E-state index contributed by atoms with van der Waals surface area (Å²) in [5, 5.41) is 11.5. The third kappa shape index (κ3) is 3.94. The highest BCUT2D eigenvalue weighted by Crippen LogP contribution is 2.61. The maximum absolute atomic E-state index is 15.4. The average Bonchev–Trinajstić information content (AvgIpc) is 3.26. The number of benzene rings is 1. The zero-order valence-electron chi connectivity index (χ0n) is 23.0. The molecule has 0 amide bonds. The number of hydrogen-bond donors (Lipinski definition) is 1. The van der Waals surface area contributed by atoms with Gasteiger partial charge in [-0.3, -0.25) is 4.98 Å². The Labute approximate surface area is 216 Å². The fraction of sp³-hybridized carbons (Fsp3) is 0.633. The summed E-state index contributed by atoms with van der Waals surface area (Å²) in [6.45, 7) is 10.8. The molecule has 6 heteroatoms. The van der Waals surface area contributed by atoms with Crippen LogP contribution >= 0.6 is 10.0 Å². The molecule has 4 atom stereocenters. The van der Waals surface area contributed by atoms with Gasteiger partial charge in [0.15, 0.2) is 0 Å². The molecule has 1 aromatic heterocycles. The van der Waals surface area contributed by atoms with E-state index in [0.29, 0.717) is 12.0 Å². The zero-order valence-corrected chi connectivity index (χ0v) is 23.8. The average molecular weight is 518 g/mol. The molecule has 0 radical (unpaired) electrons. The maximum Gasteiger partial charge on any atom is 0.138 e. The van der Waals surface area contributed by atoms with Crippen LogP contribution in [0.5, 0.6) is 0 Å². The van der Waals surface area contributed by atoms with Gasteiger partial charge in [-0.2, -0.15) is 0 Å². The van der Waals surface area contributed by atoms with Crippen LogP contribution in [0.15, 0.2) is 17.0 Å². The van der Waals surface area contributed by atoms with Gasteiger partial charge in [0, 0.05) is 22.5 Å². The number of hydrogen-bond acceptors (Lipinski definition) is 3. The number of rotatable bonds is 3. The maximum atomic E-state index is 15.4. The number of fused-ring (bicyclic) bond motifs is 4. The predicted molar refractivity (Wildman–Crippen MR) is 143 cm³/mol. The van der Waals surface area contributed by atoms with E-state index in [1.54, 1.807) is 0 Å². The van der Waals surface area contributed by atoms with Crippen LogP contribution in [-0.4, -0.2) is 28.9 Å². The lowest BCUT2D eigenvalue weighted by atomic mass is 9.69. The Hall–Kier alpha value is -1.50. The topological polar surface area (TPSA) is 42.4 Å². The van der Waals surface area contributed by atoms with Crippen molar-refractivity contribution in [1.29, 1.82) is 0 Å². The lowest BCUT2D eigenvalue weighted by Crippen LogP contribution is -2.34. The van der Waals surface area contributed by atoms with Crippen molar-refractivity contribution in [3.05, 3.63) is 57.4 Å². The third-order valence-electron chi connectivity index (χ3n) is 8.58. The molecule has 2 heterocycles. The second-order valence-corrected chi connectivity index (χ2v) is 17.3. The molecular formula is C30H41F2NO2S. The van der Waals surface area contributed by atoms with Gasteiger partial charge >= 0.3 is 0 Å². The van der Waals surface area contributed by atoms with Crippen molar-refractivity contribution in [2.45, 2.75) is 95.3 Å². The van der Waals surface area contributed by atoms with Crippen LogP contribution in [0, 0.1) is 23.0 Å². The van der Waals surface area contributed by atoms with E-state index in [-0.39, 0.29) is 22.1 Å². The van der Waals surface area contributed by atoms with E-state index in [1.165, 1.54) is 12.1 Å². The minimum atomic E-state index is -1.58. The quantitative estimate of drug-likeness (QED) is 0.454. The number of aliphatic hydroxyl groups excluding tert-OH is 1. The molecule has 1 saturated carbocycles. The number of aromatic nitrogens is 1. The Morgan fingerprint density at radius 1 is 1.11 bits per heavy atom. The molecule has 1 spiro atoms. The van der Waals surface area contributed by atoms with Crippen LogP contribution in [0.4, 0.5) is 8.78 Å². The van der Waals surface area contributed by atoms with Gasteiger partial charge < -0.3 is 9.84 Å². The molecular weight excluding hydrogens is 476 g/mol. The summed E-state index contributed by atoms with van der Waals surface area (Å²) in [5.74, 6) is -0.659. The molecule has 4 unspecified atom stereocenters. The van der Waals surface area contributed by atoms with Crippen molar-refractivity contribution in [2.24, 2.45) is 11.3 Å². The Bertz CT molecular complexity index is 1200. The van der Waals surface area contributed by atoms with Crippen molar-refractivity contribution in [1.82, 2.24) is 4.98 Å². The van der Waals surface area contributed by atoms with Crippen molar-refractivity contribution >= 4 is 10.0 Å². The van der Waals surface area contributed by atoms with Gasteiger partial charge in [-0.05, 0) is 91.4 Å². The number of aliphatic hydroxyl groups is 1. The summed E-state index contributed by atoms with van der Waals surface area (Å²) in [6, 6.07) is 2.96. The molecule has 1 aromatic carbocycles. The van der Waals surface area contributed by atoms with Crippen molar-refractivity contribution < 1.29 is 18.6 Å². The first-order chi connectivity index (χ1) is 16.7. The molecule has 3 aliphatic rings. The second kappa shape index (κ2) is 8.51. The Balaban J connectivity index is 1.80. The van der Waals surface area contributed by atoms with E-state index < -0.39 is 39.5 Å². The van der Waals surface area contributed by atoms with E-state index in [4.69, 9.17) is 9.72 Å². The fourth-order valence-electron chi connectivity index (χ4n) is 7.06. The van der Waals surface area contributed by atoms with Gasteiger partial charge in [-0.1, -0.05) is 34.6 Å². The lowest BCUT2D eigenvalue weighted by Gasteiger charge is -2.39. The summed E-state index contributed by atoms with van der Waals surface area (Å²) in [6.07, 6.45) is 8.84. The van der Waals surface area contributed by atoms with Gasteiger partial charge in [-0.25, -0.2) is 18.8 Å². The normalized spacial score (nSPS) is 29.6. The van der Waals surface area contributed by atoms with Gasteiger partial charge in [0.05, 0.1) is 16.6 Å². The molecule has 1 aliphatic heterocycles. The van der Waals surface area contributed by atoms with Gasteiger partial charge in [0.1, 0.15) is 17.7 Å². The third-order valence-corrected chi connectivity index (χ3v) is 10.2. The highest BCUT2D eigenvalue weighted by atomic mass is 32.3. The first kappa shape index (κ1) is 26.1. The van der Waals surface area contributed by atoms with E-state index in [9.17, 15) is 5.11 Å². The van der Waals surface area contributed by atoms with Crippen LogP contribution in [0.2, 0.25) is 0 Å². The SMILES string of the molecule is CC(C)c1nc2c(c3c1C(c1cc(F)c(S(C)(C)C)c(F)c1)OC31CCCC1C)C(O)CC(C)(C)C2. The highest BCUT2D eigenvalue weighted by Gasteiger charge is 2.55. The molecule has 36 heavy (non-hydrogen) atoms. The Kier molecular flexibility index (Phi) is 6.17. The van der Waals surface area contributed by atoms with Crippen molar-refractivity contribution in [2.75, 3.05) is 18.8 Å². The van der Waals surface area contributed by atoms with Crippen molar-refractivity contribution in [3.63, 3.8) is 0 Å². The number of ether oxygens (including phenoxy) is 1. The number of pyridine rings is 1. The molecule has 0 saturated heterocycles. The standard InChI is InChI=1S/C30H41F2NO2S/c1-16(2)26-24-25(23-21(33-26)14-29(4,5)15-22(23)34)30(11-9-10-17(30)3)35-27(24)18-12-19(31)28(20(32)13-18)36(6,7)8/h12-13,16-17,22,27,34H,9-11,14-15H2,1-8H3. The monoisotopic (exact) mass is 517 g/mol. The van der Waals surface area contributed by atoms with Crippen LogP contribution in [0.3, 0.4) is 0 Å². The molecule has 2 aliphatic carbocycles. The van der Waals surface area contributed by atoms with Crippen LogP contribution in [-0.2, 0) is 16.8 Å². The summed E-state index contributed by atoms with van der Waals surface area (Å²) in [5.41, 5.74) is 4.71. The van der Waals surface area contributed by atoms with Gasteiger partial charge in [0.25, 0.3) is 0 Å². The minimum Gasteiger partial charge on any atom is -0.388 e. The summed E-state index contributed by atoms with van der Waals surface area (Å²) >= 11 is 0. The summed E-state index contributed by atoms with van der Waals surface area (Å²) in [4.78, 5) is 5.34. The molecule has 2 aromatic rings. The van der Waals surface area contributed by atoms with Gasteiger partial charge in [0.2, 0.25) is 0 Å². The number of nitrogens with zero attached hydrogens (tertiary/aromatic N) is 1. The zero-order chi connectivity index (χ0) is 26.4. The lowest BCUT2D eigenvalue weighted by molar-refractivity contribution is -0.0843. The minimum absolute atomic E-state index is 0.0490. The molecule has 0 bridgehead atoms. The van der Waals surface area contributed by atoms with Crippen LogP contribution in [0.25, 0.3) is 0 Å². The summed E-state index contributed by atoms with van der Waals surface area (Å²) < 4.78 is 37.9. The predicted octanol–water partition coefficient (Wildman–Crippen LogP) is 7.68. The molecule has 1 N–H and O–H groups in total. The van der Waals surface area contributed by atoms with Crippen LogP contribution in [0.1, 0.15) is 112 Å². The smallest absolute Gasteiger partial charge is 0.138 e.